The highest BCUT2D eigenvalue weighted by Crippen LogP contribution is 2.79. The van der Waals surface area contributed by atoms with Crippen molar-refractivity contribution in [1.82, 2.24) is 0 Å². The Morgan fingerprint density at radius 2 is 1.41 bits per heavy atom. The standard InChI is InChI=1S/C37H58/c1-9-28(4)31-22-19-15-16-20-27(3)24-35(7)33-25-37(35,26-34(33)36(31,8)30(6)10-2)32-23-18-14-12-11-13-17-21-29(32)5/h11-14,17-18,21,23,27-28,30-31,33-34H,9-10,15-16,19-20,22,24-26H2,1-8H3. The maximum absolute atomic E-state index is 2.78. The largest absolute Gasteiger partial charge is 0.0651 e. The van der Waals surface area contributed by atoms with E-state index >= 15 is 0 Å². The summed E-state index contributed by atoms with van der Waals surface area (Å²) in [6.45, 7) is 20.6. The molecule has 0 aromatic heterocycles. The molecule has 0 N–H and O–H groups in total. The molecule has 4 aliphatic carbocycles. The second kappa shape index (κ2) is 11.4. The van der Waals surface area contributed by atoms with Crippen LogP contribution in [0.15, 0.2) is 48.5 Å². The number of aryl methyl sites for hydroxylation is 1. The maximum atomic E-state index is 2.78. The van der Waals surface area contributed by atoms with Crippen molar-refractivity contribution < 1.29 is 0 Å². The van der Waals surface area contributed by atoms with E-state index in [1.807, 2.05) is 0 Å². The second-order valence-electron chi connectivity index (χ2n) is 14.3. The molecule has 0 heteroatoms. The Kier molecular flexibility index (Phi) is 8.87. The van der Waals surface area contributed by atoms with Crippen LogP contribution in [0, 0.1) is 53.3 Å². The first-order chi connectivity index (χ1) is 17.7. The Morgan fingerprint density at radius 3 is 2.08 bits per heavy atom. The van der Waals surface area contributed by atoms with Gasteiger partial charge in [-0.2, -0.15) is 0 Å². The molecule has 9 atom stereocenters. The summed E-state index contributed by atoms with van der Waals surface area (Å²) in [5.41, 5.74) is 4.29. The lowest BCUT2D eigenvalue weighted by Crippen LogP contribution is -2.56. The zero-order chi connectivity index (χ0) is 26.8. The molecule has 206 valence electrons. The molecule has 0 amide bonds. The van der Waals surface area contributed by atoms with Crippen molar-refractivity contribution in [2.45, 2.75) is 125 Å². The molecule has 5 rings (SSSR count). The normalized spacial score (nSPS) is 39.4. The van der Waals surface area contributed by atoms with Gasteiger partial charge in [-0.15, -0.1) is 0 Å². The Bertz CT molecular complexity index is 960. The van der Waals surface area contributed by atoms with Gasteiger partial charge in [-0.05, 0) is 90.1 Å². The van der Waals surface area contributed by atoms with Crippen LogP contribution in [0.4, 0.5) is 0 Å². The van der Waals surface area contributed by atoms with Crippen LogP contribution in [0.2, 0.25) is 0 Å². The van der Waals surface area contributed by atoms with Crippen molar-refractivity contribution in [3.05, 3.63) is 59.7 Å². The maximum Gasteiger partial charge on any atom is 0.00181 e. The van der Waals surface area contributed by atoms with Gasteiger partial charge in [-0.3, -0.25) is 0 Å². The zero-order valence-corrected chi connectivity index (χ0v) is 25.7. The molecule has 37 heavy (non-hydrogen) atoms. The van der Waals surface area contributed by atoms with Gasteiger partial charge in [0.2, 0.25) is 0 Å². The van der Waals surface area contributed by atoms with Gasteiger partial charge in [0.05, 0.1) is 0 Å². The Balaban J connectivity index is 1.91. The van der Waals surface area contributed by atoms with E-state index in [1.165, 1.54) is 69.8 Å². The minimum atomic E-state index is 0.320. The lowest BCUT2D eigenvalue weighted by Gasteiger charge is -2.60. The highest BCUT2D eigenvalue weighted by molar-refractivity contribution is 5.42. The van der Waals surface area contributed by atoms with Gasteiger partial charge in [0, 0.05) is 5.41 Å². The summed E-state index contributed by atoms with van der Waals surface area (Å²) in [4.78, 5) is 0. The quantitative estimate of drug-likeness (QED) is 0.375. The molecule has 4 fully saturated rings. The minimum Gasteiger partial charge on any atom is -0.0651 e. The molecule has 0 heterocycles. The fourth-order valence-corrected chi connectivity index (χ4v) is 10.2. The van der Waals surface area contributed by atoms with Crippen molar-refractivity contribution in [2.24, 2.45) is 46.3 Å². The third-order valence-electron chi connectivity index (χ3n) is 12.7. The fourth-order valence-electron chi connectivity index (χ4n) is 10.2. The van der Waals surface area contributed by atoms with E-state index in [2.05, 4.69) is 104 Å². The summed E-state index contributed by atoms with van der Waals surface area (Å²) in [6, 6.07) is 18.2. The SMILES string of the molecule is CCC(C)C1CCCCCC(C)CC2(C)C3CC2(c2ccccccccc2C)CC3C1(C)C(C)CC. The van der Waals surface area contributed by atoms with Crippen LogP contribution in [0.25, 0.3) is 0 Å². The van der Waals surface area contributed by atoms with Crippen LogP contribution in [0.5, 0.6) is 0 Å². The first kappa shape index (κ1) is 28.7. The van der Waals surface area contributed by atoms with E-state index in [0.29, 0.717) is 16.2 Å². The minimum absolute atomic E-state index is 0.320. The van der Waals surface area contributed by atoms with E-state index in [4.69, 9.17) is 0 Å². The highest BCUT2D eigenvalue weighted by Gasteiger charge is 2.74. The summed E-state index contributed by atoms with van der Waals surface area (Å²) < 4.78 is 0. The molecule has 1 aromatic carbocycles. The van der Waals surface area contributed by atoms with E-state index in [0.717, 1.165) is 35.5 Å². The molecule has 0 nitrogen and oxygen atoms in total. The highest BCUT2D eigenvalue weighted by atomic mass is 14.8. The average Bonchev–Trinajstić information content (AvgIpc) is 3.42. The topological polar surface area (TPSA) is 0 Å². The summed E-state index contributed by atoms with van der Waals surface area (Å²) in [7, 11) is 0. The molecule has 4 aliphatic rings. The first-order valence-corrected chi connectivity index (χ1v) is 16.0. The fraction of sp³-hybridized carbons (Fsp3) is 0.730. The van der Waals surface area contributed by atoms with Crippen LogP contribution in [-0.4, -0.2) is 0 Å². The van der Waals surface area contributed by atoms with Crippen LogP contribution in [-0.2, 0) is 5.41 Å². The number of rotatable bonds is 5. The van der Waals surface area contributed by atoms with Crippen LogP contribution >= 0.6 is 0 Å². The van der Waals surface area contributed by atoms with Crippen LogP contribution in [0.1, 0.15) is 124 Å². The summed E-state index contributed by atoms with van der Waals surface area (Å²) in [5, 5.41) is 0. The van der Waals surface area contributed by atoms with Crippen LogP contribution in [0.3, 0.4) is 0 Å². The van der Waals surface area contributed by atoms with E-state index in [9.17, 15) is 0 Å². The predicted molar refractivity (Wildman–Crippen MR) is 162 cm³/mol. The molecule has 0 radical (unpaired) electrons. The van der Waals surface area contributed by atoms with Gasteiger partial charge in [0.15, 0.2) is 0 Å². The molecule has 0 aliphatic heterocycles. The molecule has 0 saturated heterocycles. The van der Waals surface area contributed by atoms with Gasteiger partial charge in [0.1, 0.15) is 0 Å². The molecule has 4 saturated carbocycles. The van der Waals surface area contributed by atoms with Crippen LogP contribution < -0.4 is 0 Å². The summed E-state index contributed by atoms with van der Waals surface area (Å²) in [5.74, 6) is 4.96. The molecular formula is C37H58. The van der Waals surface area contributed by atoms with Crippen molar-refractivity contribution in [2.75, 3.05) is 0 Å². The third-order valence-corrected chi connectivity index (χ3v) is 12.7. The van der Waals surface area contributed by atoms with Gasteiger partial charge in [0.25, 0.3) is 0 Å². The smallest absolute Gasteiger partial charge is 0.00181 e. The second-order valence-corrected chi connectivity index (χ2v) is 14.3. The summed E-state index contributed by atoms with van der Waals surface area (Å²) in [6.07, 6.45) is 14.0. The third kappa shape index (κ3) is 4.82. The predicted octanol–water partition coefficient (Wildman–Crippen LogP) is 11.1. The van der Waals surface area contributed by atoms with E-state index < -0.39 is 0 Å². The van der Waals surface area contributed by atoms with Gasteiger partial charge >= 0.3 is 0 Å². The lowest BCUT2D eigenvalue weighted by molar-refractivity contribution is -0.0810. The Morgan fingerprint density at radius 1 is 0.784 bits per heavy atom. The lowest BCUT2D eigenvalue weighted by atomic mass is 9.43. The van der Waals surface area contributed by atoms with Crippen molar-refractivity contribution >= 4 is 0 Å². The van der Waals surface area contributed by atoms with Crippen molar-refractivity contribution in [3.8, 4) is 0 Å². The number of hydrogen-bond donors (Lipinski definition) is 0. The molecular weight excluding hydrogens is 444 g/mol. The van der Waals surface area contributed by atoms with Gasteiger partial charge in [-0.25, -0.2) is 0 Å². The van der Waals surface area contributed by atoms with Gasteiger partial charge in [-0.1, -0.05) is 136 Å². The van der Waals surface area contributed by atoms with Crippen molar-refractivity contribution in [1.29, 1.82) is 0 Å². The Labute approximate surface area is 230 Å². The van der Waals surface area contributed by atoms with Gasteiger partial charge < -0.3 is 0 Å². The monoisotopic (exact) mass is 502 g/mol. The number of hydrogen-bond acceptors (Lipinski definition) is 0. The van der Waals surface area contributed by atoms with E-state index in [-0.39, 0.29) is 0 Å². The molecule has 9 unspecified atom stereocenters. The average molecular weight is 503 g/mol. The van der Waals surface area contributed by atoms with Crippen molar-refractivity contribution in [3.63, 3.8) is 0 Å². The molecule has 0 spiro atoms. The molecule has 1 aromatic rings. The first-order valence-electron chi connectivity index (χ1n) is 16.0. The molecule has 4 bridgehead atoms. The zero-order valence-electron chi connectivity index (χ0n) is 25.7. The Hall–Kier alpha value is -1.30. The van der Waals surface area contributed by atoms with E-state index in [1.54, 1.807) is 5.56 Å². The summed E-state index contributed by atoms with van der Waals surface area (Å²) >= 11 is 0.